The molecule has 1 aliphatic heterocycles. The van der Waals surface area contributed by atoms with Crippen molar-refractivity contribution < 1.29 is 27.8 Å². The van der Waals surface area contributed by atoms with Crippen LogP contribution in [0.5, 0.6) is 5.75 Å². The van der Waals surface area contributed by atoms with E-state index in [0.29, 0.717) is 11.1 Å². The van der Waals surface area contributed by atoms with Gasteiger partial charge in [-0.2, -0.15) is 13.2 Å². The third kappa shape index (κ3) is 2.50. The third-order valence-corrected chi connectivity index (χ3v) is 2.93. The fraction of sp³-hybridized carbons (Fsp3) is 0.308. The zero-order chi connectivity index (χ0) is 14.2. The Hall–Kier alpha value is -2.16. The summed E-state index contributed by atoms with van der Waals surface area (Å²) in [5.41, 5.74) is 0.847. The molecule has 0 amide bonds. The largest absolute Gasteiger partial charge is 0.481 e. The Morgan fingerprint density at radius 2 is 2.16 bits per heavy atom. The van der Waals surface area contributed by atoms with Crippen LogP contribution in [0.15, 0.2) is 18.2 Å². The van der Waals surface area contributed by atoms with Crippen molar-refractivity contribution in [3.63, 3.8) is 0 Å². The highest BCUT2D eigenvalue weighted by atomic mass is 19.4. The summed E-state index contributed by atoms with van der Waals surface area (Å²) in [4.78, 5) is 11.0. The smallest absolute Gasteiger partial charge is 0.426 e. The van der Waals surface area contributed by atoms with Crippen LogP contribution in [0.3, 0.4) is 0 Å². The summed E-state index contributed by atoms with van der Waals surface area (Å²) in [5, 5.41) is 8.90. The van der Waals surface area contributed by atoms with Gasteiger partial charge in [0.25, 0.3) is 0 Å². The zero-order valence-corrected chi connectivity index (χ0v) is 9.57. The van der Waals surface area contributed by atoms with E-state index in [1.165, 1.54) is 18.2 Å². The van der Waals surface area contributed by atoms with Crippen LogP contribution in [0, 0.1) is 18.3 Å². The molecule has 100 valence electrons. The van der Waals surface area contributed by atoms with E-state index < -0.39 is 24.2 Å². The molecule has 0 spiro atoms. The van der Waals surface area contributed by atoms with Gasteiger partial charge in [0, 0.05) is 5.56 Å². The predicted octanol–water partition coefficient (Wildman–Crippen LogP) is 2.23. The van der Waals surface area contributed by atoms with Crippen molar-refractivity contribution in [2.45, 2.75) is 18.7 Å². The third-order valence-electron chi connectivity index (χ3n) is 2.93. The van der Waals surface area contributed by atoms with Crippen LogP contribution in [0.25, 0.3) is 0 Å². The van der Waals surface area contributed by atoms with Gasteiger partial charge in [0.1, 0.15) is 11.7 Å². The van der Waals surface area contributed by atoms with E-state index in [4.69, 9.17) is 16.3 Å². The van der Waals surface area contributed by atoms with Crippen molar-refractivity contribution in [1.29, 1.82) is 0 Å². The molecule has 0 bridgehead atoms. The molecule has 0 saturated heterocycles. The standard InChI is InChI=1S/C13H9F3O3/c1-2-7-3-4-10-8(5-7)6-9(12(17)18)11(19-10)13(14,15)16/h1,3-5,9,11H,6H2,(H,17,18). The second-order valence-corrected chi connectivity index (χ2v) is 4.20. The first-order valence-electron chi connectivity index (χ1n) is 5.38. The molecule has 3 nitrogen and oxygen atoms in total. The second-order valence-electron chi connectivity index (χ2n) is 4.20. The van der Waals surface area contributed by atoms with E-state index in [-0.39, 0.29) is 12.2 Å². The maximum absolute atomic E-state index is 12.8. The summed E-state index contributed by atoms with van der Waals surface area (Å²) < 4.78 is 43.1. The summed E-state index contributed by atoms with van der Waals surface area (Å²) in [6.45, 7) is 0. The lowest BCUT2D eigenvalue weighted by Crippen LogP contribution is -2.47. The molecule has 19 heavy (non-hydrogen) atoms. The number of halogens is 3. The lowest BCUT2D eigenvalue weighted by Gasteiger charge is -2.32. The molecule has 1 aromatic rings. The van der Waals surface area contributed by atoms with Crippen molar-refractivity contribution in [1.82, 2.24) is 0 Å². The number of ether oxygens (including phenoxy) is 1. The van der Waals surface area contributed by atoms with Gasteiger partial charge in [-0.25, -0.2) is 0 Å². The number of carboxylic acids is 1. The highest BCUT2D eigenvalue weighted by molar-refractivity contribution is 5.72. The highest BCUT2D eigenvalue weighted by Crippen LogP contribution is 2.38. The summed E-state index contributed by atoms with van der Waals surface area (Å²) >= 11 is 0. The fourth-order valence-electron chi connectivity index (χ4n) is 2.02. The number of hydrogen-bond donors (Lipinski definition) is 1. The molecule has 0 saturated carbocycles. The van der Waals surface area contributed by atoms with Gasteiger partial charge in [0.05, 0.1) is 0 Å². The van der Waals surface area contributed by atoms with Gasteiger partial charge in [0.2, 0.25) is 6.10 Å². The first kappa shape index (κ1) is 13.3. The van der Waals surface area contributed by atoms with Gasteiger partial charge in [-0.05, 0) is 30.2 Å². The molecule has 2 unspecified atom stereocenters. The van der Waals surface area contributed by atoms with E-state index >= 15 is 0 Å². The Labute approximate surface area is 107 Å². The molecule has 1 heterocycles. The van der Waals surface area contributed by atoms with Gasteiger partial charge in [-0.1, -0.05) is 5.92 Å². The minimum atomic E-state index is -4.73. The van der Waals surface area contributed by atoms with Gasteiger partial charge in [-0.3, -0.25) is 4.79 Å². The first-order chi connectivity index (χ1) is 8.82. The molecule has 1 aliphatic rings. The molecular weight excluding hydrogens is 261 g/mol. The van der Waals surface area contributed by atoms with Crippen molar-refractivity contribution in [2.24, 2.45) is 5.92 Å². The molecule has 2 rings (SSSR count). The maximum Gasteiger partial charge on any atom is 0.426 e. The average Bonchev–Trinajstić information content (AvgIpc) is 2.35. The fourth-order valence-corrected chi connectivity index (χ4v) is 2.02. The number of hydrogen-bond acceptors (Lipinski definition) is 2. The second kappa shape index (κ2) is 4.50. The maximum atomic E-state index is 12.8. The summed E-state index contributed by atoms with van der Waals surface area (Å²) in [6, 6.07) is 4.26. The Morgan fingerprint density at radius 1 is 1.47 bits per heavy atom. The number of terminal acetylenes is 1. The average molecular weight is 270 g/mol. The molecule has 0 radical (unpaired) electrons. The Kier molecular flexibility index (Phi) is 3.14. The lowest BCUT2D eigenvalue weighted by molar-refractivity contribution is -0.217. The van der Waals surface area contributed by atoms with Crippen LogP contribution in [-0.2, 0) is 11.2 Å². The van der Waals surface area contributed by atoms with Gasteiger partial charge in [0.15, 0.2) is 0 Å². The number of carbonyl (C=O) groups is 1. The Bertz CT molecular complexity index is 557. The van der Waals surface area contributed by atoms with E-state index in [1.807, 2.05) is 0 Å². The predicted molar refractivity (Wildman–Crippen MR) is 59.7 cm³/mol. The lowest BCUT2D eigenvalue weighted by atomic mass is 9.89. The van der Waals surface area contributed by atoms with Crippen molar-refractivity contribution in [2.75, 3.05) is 0 Å². The molecule has 2 atom stereocenters. The molecular formula is C13H9F3O3. The number of rotatable bonds is 1. The summed E-state index contributed by atoms with van der Waals surface area (Å²) in [6.07, 6.45) is -2.14. The van der Waals surface area contributed by atoms with Gasteiger partial charge >= 0.3 is 12.1 Å². The number of carboxylic acid groups (broad SMARTS) is 1. The SMILES string of the molecule is C#Cc1ccc2c(c1)CC(C(=O)O)C(C(F)(F)F)O2. The topological polar surface area (TPSA) is 46.5 Å². The van der Waals surface area contributed by atoms with E-state index in [0.717, 1.165) is 0 Å². The molecule has 0 fully saturated rings. The number of alkyl halides is 3. The van der Waals surface area contributed by atoms with Crippen LogP contribution in [0.4, 0.5) is 13.2 Å². The molecule has 6 heteroatoms. The Balaban J connectivity index is 2.42. The van der Waals surface area contributed by atoms with Crippen LogP contribution < -0.4 is 4.74 Å². The normalized spacial score (nSPS) is 22.0. The van der Waals surface area contributed by atoms with Crippen LogP contribution >= 0.6 is 0 Å². The van der Waals surface area contributed by atoms with E-state index in [9.17, 15) is 18.0 Å². The summed E-state index contributed by atoms with van der Waals surface area (Å²) in [5.74, 6) is -0.845. The molecule has 1 N–H and O–H groups in total. The Morgan fingerprint density at radius 3 is 2.68 bits per heavy atom. The molecule has 0 aliphatic carbocycles. The number of fused-ring (bicyclic) bond motifs is 1. The zero-order valence-electron chi connectivity index (χ0n) is 9.57. The van der Waals surface area contributed by atoms with E-state index in [1.54, 1.807) is 0 Å². The quantitative estimate of drug-likeness (QED) is 0.796. The van der Waals surface area contributed by atoms with Crippen LogP contribution in [0.1, 0.15) is 11.1 Å². The van der Waals surface area contributed by atoms with E-state index in [2.05, 4.69) is 5.92 Å². The molecule has 1 aromatic carbocycles. The highest BCUT2D eigenvalue weighted by Gasteiger charge is 2.52. The number of benzene rings is 1. The minimum absolute atomic E-state index is 0.0267. The van der Waals surface area contributed by atoms with Gasteiger partial charge in [-0.15, -0.1) is 6.42 Å². The van der Waals surface area contributed by atoms with Gasteiger partial charge < -0.3 is 9.84 Å². The van der Waals surface area contributed by atoms with Crippen LogP contribution in [0.2, 0.25) is 0 Å². The van der Waals surface area contributed by atoms with Crippen molar-refractivity contribution >= 4 is 5.97 Å². The van der Waals surface area contributed by atoms with Crippen LogP contribution in [-0.4, -0.2) is 23.4 Å². The van der Waals surface area contributed by atoms with Crippen molar-refractivity contribution in [3.8, 4) is 18.1 Å². The first-order valence-corrected chi connectivity index (χ1v) is 5.38. The number of aliphatic carboxylic acids is 1. The monoisotopic (exact) mass is 270 g/mol. The summed E-state index contributed by atoms with van der Waals surface area (Å²) in [7, 11) is 0. The van der Waals surface area contributed by atoms with Crippen molar-refractivity contribution in [3.05, 3.63) is 29.3 Å². The molecule has 0 aromatic heterocycles. The minimum Gasteiger partial charge on any atom is -0.481 e.